The molecular formula is C22H42O4. The van der Waals surface area contributed by atoms with Crippen molar-refractivity contribution in [1.82, 2.24) is 0 Å². The Bertz CT molecular complexity index is 277. The molecule has 3 N–H and O–H groups in total. The summed E-state index contributed by atoms with van der Waals surface area (Å²) >= 11 is 0. The highest BCUT2D eigenvalue weighted by Crippen LogP contribution is 2.08. The Kier molecular flexibility index (Phi) is 27.2. The zero-order valence-electron chi connectivity index (χ0n) is 16.8. The quantitative estimate of drug-likeness (QED) is 0.223. The molecule has 154 valence electrons. The summed E-state index contributed by atoms with van der Waals surface area (Å²) in [6.07, 6.45) is 26.6. The van der Waals surface area contributed by atoms with Gasteiger partial charge in [-0.2, -0.15) is 0 Å². The second-order valence-electron chi connectivity index (χ2n) is 6.65. The van der Waals surface area contributed by atoms with Crippen LogP contribution in [-0.2, 0) is 4.79 Å². The van der Waals surface area contributed by atoms with Crippen molar-refractivity contribution in [2.75, 3.05) is 0 Å². The van der Waals surface area contributed by atoms with E-state index in [-0.39, 0.29) is 6.47 Å². The highest BCUT2D eigenvalue weighted by Gasteiger charge is 1.95. The molecule has 0 saturated carbocycles. The van der Waals surface area contributed by atoms with E-state index >= 15 is 0 Å². The average molecular weight is 371 g/mol. The van der Waals surface area contributed by atoms with Crippen LogP contribution in [-0.4, -0.2) is 28.1 Å². The van der Waals surface area contributed by atoms with Crippen LogP contribution in [0.2, 0.25) is 0 Å². The molecule has 0 fully saturated rings. The average Bonchev–Trinajstić information content (AvgIpc) is 2.69. The van der Waals surface area contributed by atoms with Crippen molar-refractivity contribution in [2.24, 2.45) is 0 Å². The Morgan fingerprint density at radius 1 is 0.769 bits per heavy atom. The number of hydrogen-bond acceptors (Lipinski definition) is 3. The Hall–Kier alpha value is -1.13. The molecule has 2 aliphatic rings. The van der Waals surface area contributed by atoms with Gasteiger partial charge in [0, 0.05) is 0 Å². The standard InChI is InChI=1S/C9H20O2.2C6H10.CH2O2/c1-2-3-4-5-6-7-8-9(10)11;2*1-2-4-6-5-3-1;2-1-3/h9-11H,2-8H2,1H3;2*1-2H,3-6H2;1H,(H,2,3). The lowest BCUT2D eigenvalue weighted by atomic mass is 10.1. The number of carboxylic acid groups (broad SMARTS) is 1. The monoisotopic (exact) mass is 370 g/mol. The highest BCUT2D eigenvalue weighted by atomic mass is 16.5. The van der Waals surface area contributed by atoms with E-state index in [4.69, 9.17) is 20.1 Å². The van der Waals surface area contributed by atoms with Gasteiger partial charge in [0.1, 0.15) is 0 Å². The molecule has 26 heavy (non-hydrogen) atoms. The third kappa shape index (κ3) is 30.7. The van der Waals surface area contributed by atoms with Gasteiger partial charge in [0.15, 0.2) is 6.29 Å². The normalized spacial score (nSPS) is 14.9. The zero-order chi connectivity index (χ0) is 19.7. The number of allylic oxidation sites excluding steroid dienone is 4. The number of carbonyl (C=O) groups is 1. The van der Waals surface area contributed by atoms with Gasteiger partial charge in [0.2, 0.25) is 0 Å². The Labute approximate surface area is 161 Å². The summed E-state index contributed by atoms with van der Waals surface area (Å²) < 4.78 is 0. The summed E-state index contributed by atoms with van der Waals surface area (Å²) in [6, 6.07) is 0. The van der Waals surface area contributed by atoms with E-state index in [1.807, 2.05) is 0 Å². The number of hydrogen-bond donors (Lipinski definition) is 3. The van der Waals surface area contributed by atoms with Crippen LogP contribution in [0.4, 0.5) is 0 Å². The van der Waals surface area contributed by atoms with E-state index in [0.717, 1.165) is 12.8 Å². The van der Waals surface area contributed by atoms with Crippen molar-refractivity contribution in [1.29, 1.82) is 0 Å². The molecule has 0 amide bonds. The van der Waals surface area contributed by atoms with E-state index in [0.29, 0.717) is 6.42 Å². The predicted molar refractivity (Wildman–Crippen MR) is 110 cm³/mol. The highest BCUT2D eigenvalue weighted by molar-refractivity contribution is 5.32. The fraction of sp³-hybridized carbons (Fsp3) is 0.773. The van der Waals surface area contributed by atoms with Crippen molar-refractivity contribution in [3.63, 3.8) is 0 Å². The molecular weight excluding hydrogens is 328 g/mol. The van der Waals surface area contributed by atoms with Crippen molar-refractivity contribution in [3.05, 3.63) is 24.3 Å². The van der Waals surface area contributed by atoms with E-state index < -0.39 is 6.29 Å². The first-order chi connectivity index (χ1) is 12.7. The van der Waals surface area contributed by atoms with E-state index in [2.05, 4.69) is 31.2 Å². The largest absolute Gasteiger partial charge is 0.483 e. The van der Waals surface area contributed by atoms with Crippen LogP contribution in [0.3, 0.4) is 0 Å². The molecule has 4 nitrogen and oxygen atoms in total. The molecule has 2 aliphatic carbocycles. The second kappa shape index (κ2) is 26.1. The fourth-order valence-corrected chi connectivity index (χ4v) is 2.63. The third-order valence-corrected chi connectivity index (χ3v) is 4.13. The Balaban J connectivity index is 0. The maximum absolute atomic E-state index is 8.51. The lowest BCUT2D eigenvalue weighted by molar-refractivity contribution is -0.122. The first kappa shape index (κ1) is 27.1. The molecule has 0 heterocycles. The van der Waals surface area contributed by atoms with Crippen molar-refractivity contribution in [2.45, 2.75) is 110 Å². The summed E-state index contributed by atoms with van der Waals surface area (Å²) in [5.41, 5.74) is 0. The van der Waals surface area contributed by atoms with Crippen LogP contribution >= 0.6 is 0 Å². The van der Waals surface area contributed by atoms with Crippen LogP contribution < -0.4 is 0 Å². The molecule has 0 aromatic rings. The molecule has 0 aliphatic heterocycles. The number of unbranched alkanes of at least 4 members (excludes halogenated alkanes) is 5. The van der Waals surface area contributed by atoms with Gasteiger partial charge in [-0.05, 0) is 64.2 Å². The fourth-order valence-electron chi connectivity index (χ4n) is 2.63. The number of aliphatic hydroxyl groups excluding tert-OH is 1. The number of rotatable bonds is 7. The van der Waals surface area contributed by atoms with Crippen LogP contribution in [0.1, 0.15) is 103 Å². The molecule has 4 heteroatoms. The first-order valence-corrected chi connectivity index (χ1v) is 10.4. The lowest BCUT2D eigenvalue weighted by Crippen LogP contribution is -2.02. The molecule has 0 unspecified atom stereocenters. The van der Waals surface area contributed by atoms with Gasteiger partial charge in [-0.3, -0.25) is 4.79 Å². The predicted octanol–water partition coefficient (Wildman–Crippen LogP) is 5.98. The third-order valence-electron chi connectivity index (χ3n) is 4.13. The molecule has 0 aromatic heterocycles. The maximum Gasteiger partial charge on any atom is 0.290 e. The van der Waals surface area contributed by atoms with Crippen molar-refractivity contribution in [3.8, 4) is 0 Å². The minimum Gasteiger partial charge on any atom is -0.483 e. The van der Waals surface area contributed by atoms with E-state index in [1.54, 1.807) is 0 Å². The van der Waals surface area contributed by atoms with E-state index in [1.165, 1.54) is 77.0 Å². The smallest absolute Gasteiger partial charge is 0.290 e. The minimum absolute atomic E-state index is 0.250. The van der Waals surface area contributed by atoms with Crippen LogP contribution in [0.25, 0.3) is 0 Å². The molecule has 0 bridgehead atoms. The first-order valence-electron chi connectivity index (χ1n) is 10.4. The van der Waals surface area contributed by atoms with Gasteiger partial charge in [-0.25, -0.2) is 0 Å². The van der Waals surface area contributed by atoms with Gasteiger partial charge in [-0.1, -0.05) is 63.3 Å². The van der Waals surface area contributed by atoms with E-state index in [9.17, 15) is 0 Å². The molecule has 0 saturated heterocycles. The zero-order valence-corrected chi connectivity index (χ0v) is 16.8. The summed E-state index contributed by atoms with van der Waals surface area (Å²) in [5.74, 6) is 0. The molecule has 2 rings (SSSR count). The summed E-state index contributed by atoms with van der Waals surface area (Å²) in [7, 11) is 0. The summed E-state index contributed by atoms with van der Waals surface area (Å²) in [6.45, 7) is 1.94. The second-order valence-corrected chi connectivity index (χ2v) is 6.65. The topological polar surface area (TPSA) is 77.8 Å². The summed E-state index contributed by atoms with van der Waals surface area (Å²) in [4.78, 5) is 8.36. The minimum atomic E-state index is -1.10. The van der Waals surface area contributed by atoms with Crippen LogP contribution in [0.5, 0.6) is 0 Å². The van der Waals surface area contributed by atoms with Gasteiger partial charge in [0.25, 0.3) is 6.47 Å². The van der Waals surface area contributed by atoms with Crippen LogP contribution in [0, 0.1) is 0 Å². The van der Waals surface area contributed by atoms with Crippen molar-refractivity contribution >= 4 is 6.47 Å². The molecule has 0 aromatic carbocycles. The Morgan fingerprint density at radius 2 is 1.12 bits per heavy atom. The van der Waals surface area contributed by atoms with Gasteiger partial charge in [0.05, 0.1) is 0 Å². The van der Waals surface area contributed by atoms with Gasteiger partial charge in [-0.15, -0.1) is 0 Å². The molecule has 0 radical (unpaired) electrons. The van der Waals surface area contributed by atoms with Gasteiger partial charge < -0.3 is 15.3 Å². The maximum atomic E-state index is 8.51. The lowest BCUT2D eigenvalue weighted by Gasteiger charge is -2.02. The molecule has 0 spiro atoms. The number of aliphatic hydroxyl groups is 2. The Morgan fingerprint density at radius 3 is 1.38 bits per heavy atom. The summed E-state index contributed by atoms with van der Waals surface area (Å²) in [5, 5.41) is 23.9. The van der Waals surface area contributed by atoms with Gasteiger partial charge >= 0.3 is 0 Å². The SMILES string of the molecule is C1=CCCCC1.C1=CCCCC1.CCCCCCCCC(O)O.O=CO. The molecule has 0 atom stereocenters. The van der Waals surface area contributed by atoms with Crippen molar-refractivity contribution < 1.29 is 20.1 Å². The van der Waals surface area contributed by atoms with Crippen LogP contribution in [0.15, 0.2) is 24.3 Å².